The number of halogens is 4. The van der Waals surface area contributed by atoms with Gasteiger partial charge in [0, 0.05) is 6.07 Å². The zero-order chi connectivity index (χ0) is 12.5. The summed E-state index contributed by atoms with van der Waals surface area (Å²) in [7, 11) is 0. The predicted octanol–water partition coefficient (Wildman–Crippen LogP) is 1.79. The number of ether oxygens (including phenoxy) is 1. The highest BCUT2D eigenvalue weighted by atomic mass is 127. The Bertz CT molecular complexity index is 484. The molecule has 0 saturated carbocycles. The lowest BCUT2D eigenvalue weighted by Gasteiger charge is -2.08. The number of pyridine rings is 1. The molecule has 16 heavy (non-hydrogen) atoms. The Labute approximate surface area is 98.7 Å². The molecule has 1 N–H and O–H groups in total. The van der Waals surface area contributed by atoms with E-state index in [9.17, 15) is 28.1 Å². The summed E-state index contributed by atoms with van der Waals surface area (Å²) in [6, 6.07) is 0.695. The molecule has 0 unspecified atom stereocenters. The summed E-state index contributed by atoms with van der Waals surface area (Å²) in [4.78, 5) is 21.9. The third kappa shape index (κ3) is 3.08. The molecule has 0 aromatic carbocycles. The first kappa shape index (κ1) is 12.7. The molecule has 0 aliphatic heterocycles. The summed E-state index contributed by atoms with van der Waals surface area (Å²) in [5.74, 6) is -1.23. The van der Waals surface area contributed by atoms with Crippen LogP contribution in [-0.4, -0.2) is 16.3 Å². The maximum Gasteiger partial charge on any atom is 0.574 e. The fraction of sp³-hybridized carbons (Fsp3) is 0.167. The third-order valence-corrected chi connectivity index (χ3v) is 2.16. The van der Waals surface area contributed by atoms with Crippen molar-refractivity contribution in [2.45, 2.75) is 6.36 Å². The Hall–Kier alpha value is -1.33. The van der Waals surface area contributed by atoms with Gasteiger partial charge in [0.2, 0.25) is 0 Å². The van der Waals surface area contributed by atoms with Crippen LogP contribution >= 0.6 is 22.6 Å². The molecule has 1 aromatic heterocycles. The fourth-order valence-corrected chi connectivity index (χ4v) is 1.24. The van der Waals surface area contributed by atoms with Crippen molar-refractivity contribution in [3.63, 3.8) is 0 Å². The van der Waals surface area contributed by atoms with Gasteiger partial charge in [-0.15, -0.1) is 13.2 Å². The van der Waals surface area contributed by atoms with E-state index in [1.807, 2.05) is 0 Å². The van der Waals surface area contributed by atoms with Gasteiger partial charge in [-0.05, 0) is 22.6 Å². The summed E-state index contributed by atoms with van der Waals surface area (Å²) in [6.45, 7) is 0. The molecule has 0 aliphatic rings. The topological polar surface area (TPSA) is 85.2 Å². The van der Waals surface area contributed by atoms with E-state index in [1.165, 1.54) is 22.6 Å². The fourth-order valence-electron chi connectivity index (χ4n) is 0.807. The van der Waals surface area contributed by atoms with Gasteiger partial charge in [-0.1, -0.05) is 0 Å². The molecule has 0 atom stereocenters. The van der Waals surface area contributed by atoms with Gasteiger partial charge in [0.05, 0.1) is 8.49 Å². The molecule has 1 rings (SSSR count). The normalized spacial score (nSPS) is 11.2. The van der Waals surface area contributed by atoms with E-state index in [2.05, 4.69) is 4.74 Å². The molecule has 0 spiro atoms. The van der Waals surface area contributed by atoms with Crippen LogP contribution in [0.2, 0.25) is 0 Å². The molecule has 1 heterocycles. The van der Waals surface area contributed by atoms with Crippen LogP contribution in [0, 0.1) is 13.7 Å². The Morgan fingerprint density at radius 3 is 2.50 bits per heavy atom. The molecule has 0 amide bonds. The number of aromatic amines is 1. The quantitative estimate of drug-likeness (QED) is 0.501. The second-order valence-electron chi connectivity index (χ2n) is 2.47. The summed E-state index contributed by atoms with van der Waals surface area (Å²) >= 11 is 1.45. The number of nitrogens with zero attached hydrogens (tertiary/aromatic N) is 1. The molecule has 1 aromatic rings. The molecule has 10 heteroatoms. The van der Waals surface area contributed by atoms with Crippen LogP contribution in [0.1, 0.15) is 0 Å². The largest absolute Gasteiger partial charge is 0.574 e. The molecule has 0 fully saturated rings. The van der Waals surface area contributed by atoms with Gasteiger partial charge in [-0.2, -0.15) is 0 Å². The SMILES string of the molecule is O=c1[nH]c(OC(F)(F)F)c([N+](=O)[O-])cc1I. The van der Waals surface area contributed by atoms with Crippen LogP contribution in [0.5, 0.6) is 5.88 Å². The van der Waals surface area contributed by atoms with Crippen molar-refractivity contribution in [3.05, 3.63) is 30.1 Å². The number of H-pyrrole nitrogens is 1. The Morgan fingerprint density at radius 1 is 1.50 bits per heavy atom. The first-order valence-electron chi connectivity index (χ1n) is 3.53. The molecule has 6 nitrogen and oxygen atoms in total. The smallest absolute Gasteiger partial charge is 0.382 e. The third-order valence-electron chi connectivity index (χ3n) is 1.35. The highest BCUT2D eigenvalue weighted by molar-refractivity contribution is 14.1. The second-order valence-corrected chi connectivity index (χ2v) is 3.63. The maximum atomic E-state index is 11.8. The van der Waals surface area contributed by atoms with E-state index in [0.717, 1.165) is 0 Å². The predicted molar refractivity (Wildman–Crippen MR) is 53.1 cm³/mol. The van der Waals surface area contributed by atoms with Gasteiger partial charge in [0.25, 0.3) is 11.4 Å². The van der Waals surface area contributed by atoms with Crippen molar-refractivity contribution >= 4 is 28.3 Å². The lowest BCUT2D eigenvalue weighted by molar-refractivity contribution is -0.389. The Balaban J connectivity index is 3.31. The molecule has 0 radical (unpaired) electrons. The summed E-state index contributed by atoms with van der Waals surface area (Å²) in [6.07, 6.45) is -5.11. The molecule has 0 saturated heterocycles. The van der Waals surface area contributed by atoms with E-state index >= 15 is 0 Å². The molecule has 88 valence electrons. The lowest BCUT2D eigenvalue weighted by Crippen LogP contribution is -2.22. The Morgan fingerprint density at radius 2 is 2.06 bits per heavy atom. The minimum atomic E-state index is -5.11. The van der Waals surface area contributed by atoms with Gasteiger partial charge >= 0.3 is 12.0 Å². The van der Waals surface area contributed by atoms with Crippen LogP contribution in [-0.2, 0) is 0 Å². The molecular formula is C6H2F3IN2O4. The van der Waals surface area contributed by atoms with Gasteiger partial charge in [-0.3, -0.25) is 19.9 Å². The van der Waals surface area contributed by atoms with Crippen LogP contribution in [0.15, 0.2) is 10.9 Å². The van der Waals surface area contributed by atoms with Crippen molar-refractivity contribution in [2.24, 2.45) is 0 Å². The van der Waals surface area contributed by atoms with E-state index < -0.39 is 28.4 Å². The zero-order valence-electron chi connectivity index (χ0n) is 7.17. The monoisotopic (exact) mass is 350 g/mol. The molecule has 0 bridgehead atoms. The number of hydrogen-bond donors (Lipinski definition) is 1. The standard InChI is InChI=1S/C6H2F3IN2O4/c7-6(8,9)16-5-3(12(14)15)1-2(10)4(13)11-5/h1H,(H,11,13). The minimum Gasteiger partial charge on any atom is -0.382 e. The van der Waals surface area contributed by atoms with Gasteiger partial charge in [0.1, 0.15) is 0 Å². The number of nitro groups is 1. The van der Waals surface area contributed by atoms with Gasteiger partial charge in [-0.25, -0.2) is 0 Å². The van der Waals surface area contributed by atoms with Crippen molar-refractivity contribution in [3.8, 4) is 5.88 Å². The van der Waals surface area contributed by atoms with E-state index in [0.29, 0.717) is 6.07 Å². The summed E-state index contributed by atoms with van der Waals surface area (Å²) < 4.78 is 38.8. The van der Waals surface area contributed by atoms with Gasteiger partial charge in [0.15, 0.2) is 0 Å². The van der Waals surface area contributed by atoms with E-state index in [4.69, 9.17) is 0 Å². The number of aromatic nitrogens is 1. The zero-order valence-corrected chi connectivity index (χ0v) is 9.33. The first-order chi connectivity index (χ1) is 7.20. The van der Waals surface area contributed by atoms with E-state index in [-0.39, 0.29) is 3.57 Å². The highest BCUT2D eigenvalue weighted by Gasteiger charge is 2.35. The second kappa shape index (κ2) is 4.27. The highest BCUT2D eigenvalue weighted by Crippen LogP contribution is 2.29. The number of nitrogens with one attached hydrogen (secondary N) is 1. The van der Waals surface area contributed by atoms with Crippen molar-refractivity contribution in [1.82, 2.24) is 4.98 Å². The van der Waals surface area contributed by atoms with E-state index in [1.54, 1.807) is 4.98 Å². The first-order valence-corrected chi connectivity index (χ1v) is 4.61. The van der Waals surface area contributed by atoms with Crippen molar-refractivity contribution in [2.75, 3.05) is 0 Å². The average molecular weight is 350 g/mol. The maximum absolute atomic E-state index is 11.8. The molecular weight excluding hydrogens is 348 g/mol. The van der Waals surface area contributed by atoms with Gasteiger partial charge < -0.3 is 4.74 Å². The average Bonchev–Trinajstić information content (AvgIpc) is 2.07. The van der Waals surface area contributed by atoms with Crippen LogP contribution in [0.3, 0.4) is 0 Å². The number of rotatable bonds is 2. The van der Waals surface area contributed by atoms with Crippen LogP contribution in [0.25, 0.3) is 0 Å². The summed E-state index contributed by atoms with van der Waals surface area (Å²) in [5.41, 5.74) is -1.85. The van der Waals surface area contributed by atoms with Crippen LogP contribution < -0.4 is 10.3 Å². The number of alkyl halides is 3. The van der Waals surface area contributed by atoms with Crippen LogP contribution in [0.4, 0.5) is 18.9 Å². The minimum absolute atomic E-state index is 0.112. The lowest BCUT2D eigenvalue weighted by atomic mass is 10.4. The van der Waals surface area contributed by atoms with Crippen molar-refractivity contribution < 1.29 is 22.8 Å². The molecule has 0 aliphatic carbocycles. The Kier molecular flexibility index (Phi) is 3.40. The summed E-state index contributed by atoms with van der Waals surface area (Å²) in [5, 5.41) is 10.4. The van der Waals surface area contributed by atoms with Crippen molar-refractivity contribution in [1.29, 1.82) is 0 Å². The number of hydrogen-bond acceptors (Lipinski definition) is 4.